The Morgan fingerprint density at radius 2 is 1.69 bits per heavy atom. The number of hydrogen-bond donors (Lipinski definition) is 2. The number of benzene rings is 2. The SMILES string of the molecule is COc1ccc(N(C(=O)Nc2ccc(F)cc2)C(C)c2nc3ccccc3c(=O)n2N2CCN(C(=O)N3CCC(N)C3)CC2)c(OC)n1. The van der Waals surface area contributed by atoms with Gasteiger partial charge in [-0.1, -0.05) is 12.1 Å². The summed E-state index contributed by atoms with van der Waals surface area (Å²) in [6.45, 7) is 4.34. The van der Waals surface area contributed by atoms with Gasteiger partial charge >= 0.3 is 12.1 Å². The third kappa shape index (κ3) is 6.40. The van der Waals surface area contributed by atoms with Crippen molar-refractivity contribution >= 4 is 34.3 Å². The zero-order valence-electron chi connectivity index (χ0n) is 27.0. The molecule has 48 heavy (non-hydrogen) atoms. The van der Waals surface area contributed by atoms with E-state index in [0.717, 1.165) is 6.42 Å². The second-order valence-electron chi connectivity index (χ2n) is 11.7. The molecule has 2 unspecified atom stereocenters. The van der Waals surface area contributed by atoms with Gasteiger partial charge in [0.05, 0.1) is 44.3 Å². The van der Waals surface area contributed by atoms with Gasteiger partial charge in [0, 0.05) is 44.0 Å². The number of likely N-dealkylation sites (tertiary alicyclic amines) is 1. The van der Waals surface area contributed by atoms with Gasteiger partial charge in [0.25, 0.3) is 5.56 Å². The summed E-state index contributed by atoms with van der Waals surface area (Å²) >= 11 is 0. The number of carbonyl (C=O) groups is 2. The van der Waals surface area contributed by atoms with Crippen LogP contribution in [0.25, 0.3) is 10.9 Å². The van der Waals surface area contributed by atoms with Gasteiger partial charge in [-0.25, -0.2) is 23.6 Å². The molecule has 0 aliphatic carbocycles. The maximum absolute atomic E-state index is 14.2. The molecule has 2 aliphatic heterocycles. The number of urea groups is 2. The summed E-state index contributed by atoms with van der Waals surface area (Å²) in [5, 5.41) is 5.08. The molecule has 4 amide bonds. The summed E-state index contributed by atoms with van der Waals surface area (Å²) < 4.78 is 26.1. The lowest BCUT2D eigenvalue weighted by molar-refractivity contribution is 0.155. The lowest BCUT2D eigenvalue weighted by atomic mass is 10.2. The van der Waals surface area contributed by atoms with E-state index in [1.54, 1.807) is 53.1 Å². The maximum Gasteiger partial charge on any atom is 0.327 e. The number of nitrogens with two attached hydrogens (primary N) is 1. The van der Waals surface area contributed by atoms with E-state index in [-0.39, 0.29) is 40.9 Å². The van der Waals surface area contributed by atoms with E-state index in [1.807, 2.05) is 5.01 Å². The van der Waals surface area contributed by atoms with Gasteiger partial charge in [0.15, 0.2) is 5.82 Å². The number of hydrogen-bond acceptors (Lipinski definition) is 9. The van der Waals surface area contributed by atoms with Crippen LogP contribution in [0.1, 0.15) is 25.2 Å². The van der Waals surface area contributed by atoms with Gasteiger partial charge in [0.2, 0.25) is 11.8 Å². The van der Waals surface area contributed by atoms with Crippen molar-refractivity contribution in [2.75, 3.05) is 68.7 Å². The van der Waals surface area contributed by atoms with Gasteiger partial charge < -0.3 is 35.3 Å². The third-order valence-electron chi connectivity index (χ3n) is 8.64. The number of anilines is 2. The fourth-order valence-electron chi connectivity index (χ4n) is 6.12. The second-order valence-corrected chi connectivity index (χ2v) is 11.7. The number of ether oxygens (including phenoxy) is 2. The van der Waals surface area contributed by atoms with Crippen molar-refractivity contribution in [2.24, 2.45) is 5.73 Å². The van der Waals surface area contributed by atoms with E-state index >= 15 is 0 Å². The Hall–Kier alpha value is -5.44. The van der Waals surface area contributed by atoms with E-state index in [4.69, 9.17) is 20.2 Å². The Bertz CT molecular complexity index is 1860. The number of carbonyl (C=O) groups excluding carboxylic acids is 2. The van der Waals surface area contributed by atoms with Crippen LogP contribution < -0.4 is 36.0 Å². The molecule has 0 bridgehead atoms. The van der Waals surface area contributed by atoms with Crippen LogP contribution in [-0.2, 0) is 0 Å². The molecular weight excluding hydrogens is 621 g/mol. The van der Waals surface area contributed by atoms with Crippen LogP contribution >= 0.6 is 0 Å². The van der Waals surface area contributed by atoms with Gasteiger partial charge in [-0.05, 0) is 55.8 Å². The molecule has 252 valence electrons. The van der Waals surface area contributed by atoms with Crippen molar-refractivity contribution in [3.8, 4) is 11.8 Å². The Morgan fingerprint density at radius 1 is 0.958 bits per heavy atom. The van der Waals surface area contributed by atoms with Gasteiger partial charge in [-0.3, -0.25) is 9.69 Å². The molecule has 0 radical (unpaired) electrons. The van der Waals surface area contributed by atoms with Crippen molar-refractivity contribution in [1.29, 1.82) is 0 Å². The highest BCUT2D eigenvalue weighted by atomic mass is 19.1. The Kier molecular flexibility index (Phi) is 9.30. The summed E-state index contributed by atoms with van der Waals surface area (Å²) in [7, 11) is 2.89. The summed E-state index contributed by atoms with van der Waals surface area (Å²) in [6.07, 6.45) is 0.769. The van der Waals surface area contributed by atoms with Crippen LogP contribution in [0.3, 0.4) is 0 Å². The topological polar surface area (TPSA) is 151 Å². The Morgan fingerprint density at radius 3 is 2.35 bits per heavy atom. The minimum atomic E-state index is -0.877. The molecule has 0 spiro atoms. The van der Waals surface area contributed by atoms with Crippen molar-refractivity contribution in [3.63, 3.8) is 0 Å². The normalized spacial score (nSPS) is 16.9. The van der Waals surface area contributed by atoms with Crippen LogP contribution in [-0.4, -0.2) is 96.0 Å². The lowest BCUT2D eigenvalue weighted by Crippen LogP contribution is -2.58. The molecule has 4 heterocycles. The van der Waals surface area contributed by atoms with E-state index in [2.05, 4.69) is 10.3 Å². The van der Waals surface area contributed by atoms with Gasteiger partial charge in [-0.2, -0.15) is 4.98 Å². The zero-order valence-corrected chi connectivity index (χ0v) is 27.0. The summed E-state index contributed by atoms with van der Waals surface area (Å²) in [5.41, 5.74) is 6.81. The first kappa shape index (κ1) is 32.5. The monoisotopic (exact) mass is 659 g/mol. The number of para-hydroxylation sites is 1. The molecule has 2 aromatic carbocycles. The maximum atomic E-state index is 14.2. The molecule has 15 heteroatoms. The molecule has 0 saturated carbocycles. The van der Waals surface area contributed by atoms with Crippen LogP contribution in [0.5, 0.6) is 11.8 Å². The number of halogens is 1. The summed E-state index contributed by atoms with van der Waals surface area (Å²) in [5.74, 6) is 0.190. The molecule has 6 rings (SSSR count). The highest BCUT2D eigenvalue weighted by molar-refractivity contribution is 6.03. The largest absolute Gasteiger partial charge is 0.481 e. The highest BCUT2D eigenvalue weighted by Crippen LogP contribution is 2.35. The van der Waals surface area contributed by atoms with Crippen molar-refractivity contribution in [2.45, 2.75) is 25.4 Å². The Balaban J connectivity index is 1.40. The van der Waals surface area contributed by atoms with Gasteiger partial charge in [-0.15, -0.1) is 0 Å². The minimum absolute atomic E-state index is 0.0238. The van der Waals surface area contributed by atoms with E-state index < -0.39 is 17.9 Å². The van der Waals surface area contributed by atoms with Gasteiger partial charge in [0.1, 0.15) is 11.5 Å². The number of pyridine rings is 1. The molecule has 2 aromatic heterocycles. The molecular formula is C33H38FN9O5. The highest BCUT2D eigenvalue weighted by Gasteiger charge is 2.34. The van der Waals surface area contributed by atoms with Crippen LogP contribution in [0.4, 0.5) is 25.4 Å². The average Bonchev–Trinajstić information content (AvgIpc) is 3.55. The fraction of sp³-hybridized carbons (Fsp3) is 0.364. The predicted octanol–water partition coefficient (Wildman–Crippen LogP) is 3.15. The van der Waals surface area contributed by atoms with Crippen LogP contribution in [0.2, 0.25) is 0 Å². The summed E-state index contributed by atoms with van der Waals surface area (Å²) in [4.78, 5) is 55.8. The van der Waals surface area contributed by atoms with Crippen molar-refractivity contribution < 1.29 is 23.5 Å². The smallest absolute Gasteiger partial charge is 0.327 e. The number of aromatic nitrogens is 3. The number of rotatable bonds is 7. The summed E-state index contributed by atoms with van der Waals surface area (Å²) in [6, 6.07) is 14.0. The number of methoxy groups -OCH3 is 2. The molecule has 3 N–H and O–H groups in total. The number of nitrogens with one attached hydrogen (secondary N) is 1. The molecule has 2 saturated heterocycles. The second kappa shape index (κ2) is 13.7. The third-order valence-corrected chi connectivity index (χ3v) is 8.64. The predicted molar refractivity (Wildman–Crippen MR) is 179 cm³/mol. The molecule has 2 aliphatic rings. The number of nitrogens with zero attached hydrogens (tertiary/aromatic N) is 7. The fourth-order valence-corrected chi connectivity index (χ4v) is 6.12. The lowest BCUT2D eigenvalue weighted by Gasteiger charge is -2.40. The molecule has 2 fully saturated rings. The first-order valence-corrected chi connectivity index (χ1v) is 15.7. The van der Waals surface area contributed by atoms with Crippen molar-refractivity contribution in [1.82, 2.24) is 24.4 Å². The first-order chi connectivity index (χ1) is 23.2. The molecule has 14 nitrogen and oxygen atoms in total. The van der Waals surface area contributed by atoms with E-state index in [1.165, 1.54) is 48.1 Å². The van der Waals surface area contributed by atoms with E-state index in [9.17, 15) is 18.8 Å². The van der Waals surface area contributed by atoms with Crippen molar-refractivity contribution in [3.05, 3.63) is 82.7 Å². The zero-order chi connectivity index (χ0) is 33.9. The standard InChI is InChI=1S/C33H38FN9O5/c1-21(42(27-12-13-28(47-2)38-30(27)48-3)32(45)36-24-10-8-22(34)9-11-24)29-37-26-7-5-4-6-25(26)31(44)43(29)41-18-16-39(17-19-41)33(46)40-15-14-23(35)20-40/h4-13,21,23H,14-20,35H2,1-3H3,(H,36,45). The number of piperazine rings is 1. The first-order valence-electron chi connectivity index (χ1n) is 15.7. The van der Waals surface area contributed by atoms with Crippen LogP contribution in [0.15, 0.2) is 65.5 Å². The molecule has 2 atom stereocenters. The number of fused-ring (bicyclic) bond motifs is 1. The molecule has 4 aromatic rings. The Labute approximate surface area is 276 Å². The average molecular weight is 660 g/mol. The minimum Gasteiger partial charge on any atom is -0.481 e. The quantitative estimate of drug-likeness (QED) is 0.305. The number of amides is 4. The van der Waals surface area contributed by atoms with E-state index in [0.29, 0.717) is 55.9 Å². The van der Waals surface area contributed by atoms with Crippen LogP contribution in [0, 0.1) is 5.82 Å².